The van der Waals surface area contributed by atoms with Crippen molar-refractivity contribution in [3.05, 3.63) is 84.2 Å². The molecule has 0 spiro atoms. The number of aliphatic hydroxyl groups excluding tert-OH is 1. The highest BCUT2D eigenvalue weighted by molar-refractivity contribution is 6.51. The molecule has 0 bridgehead atoms. The summed E-state index contributed by atoms with van der Waals surface area (Å²) in [6, 6.07) is 21.1. The molecule has 3 nitrogen and oxygen atoms in total. The molecule has 110 valence electrons. The van der Waals surface area contributed by atoms with Gasteiger partial charge in [0.25, 0.3) is 0 Å². The predicted molar refractivity (Wildman–Crippen MR) is 90.8 cm³/mol. The molecule has 0 fully saturated rings. The highest BCUT2D eigenvalue weighted by atomic mass is 16.3. The van der Waals surface area contributed by atoms with E-state index in [0.29, 0.717) is 5.92 Å². The van der Waals surface area contributed by atoms with Crippen LogP contribution in [0, 0.1) is 0 Å². The van der Waals surface area contributed by atoms with Crippen LogP contribution in [-0.4, -0.2) is 21.9 Å². The van der Waals surface area contributed by atoms with Gasteiger partial charge >= 0.3 is 0 Å². The smallest absolute Gasteiger partial charge is 0.205 e. The summed E-state index contributed by atoms with van der Waals surface area (Å²) in [4.78, 5) is 4.35. The van der Waals surface area contributed by atoms with E-state index in [2.05, 4.69) is 53.5 Å². The number of nitrogens with zero attached hydrogens (tertiary/aromatic N) is 2. The molecular formula is C18H19BN2O. The Hall–Kier alpha value is -2.33. The Morgan fingerprint density at radius 2 is 1.55 bits per heavy atom. The van der Waals surface area contributed by atoms with Gasteiger partial charge in [-0.15, -0.1) is 0 Å². The van der Waals surface area contributed by atoms with Crippen LogP contribution in [0.15, 0.2) is 73.1 Å². The van der Waals surface area contributed by atoms with Crippen molar-refractivity contribution in [1.82, 2.24) is 9.55 Å². The molecule has 0 aliphatic rings. The van der Waals surface area contributed by atoms with E-state index < -0.39 is 0 Å². The third kappa shape index (κ3) is 3.29. The first-order valence-corrected chi connectivity index (χ1v) is 7.59. The van der Waals surface area contributed by atoms with E-state index in [1.165, 1.54) is 11.1 Å². The number of benzene rings is 2. The van der Waals surface area contributed by atoms with Gasteiger partial charge in [0.2, 0.25) is 7.28 Å². The Balaban J connectivity index is 1.83. The summed E-state index contributed by atoms with van der Waals surface area (Å²) in [5.41, 5.74) is 3.56. The van der Waals surface area contributed by atoms with Gasteiger partial charge in [0.15, 0.2) is 0 Å². The average molecular weight is 290 g/mol. The minimum Gasteiger partial charge on any atom is -0.376 e. The average Bonchev–Trinajstić information content (AvgIpc) is 3.05. The van der Waals surface area contributed by atoms with Crippen LogP contribution in [0.5, 0.6) is 0 Å². The largest absolute Gasteiger partial charge is 0.376 e. The van der Waals surface area contributed by atoms with Crippen molar-refractivity contribution < 1.29 is 5.11 Å². The number of imidazole rings is 1. The van der Waals surface area contributed by atoms with Gasteiger partial charge in [-0.2, -0.15) is 0 Å². The van der Waals surface area contributed by atoms with E-state index >= 15 is 0 Å². The van der Waals surface area contributed by atoms with Crippen LogP contribution in [-0.2, 0) is 6.73 Å². The fourth-order valence-electron chi connectivity index (χ4n) is 2.87. The predicted octanol–water partition coefficient (Wildman–Crippen LogP) is 2.15. The Morgan fingerprint density at radius 3 is 2.09 bits per heavy atom. The summed E-state index contributed by atoms with van der Waals surface area (Å²) in [6.07, 6.45) is 4.52. The van der Waals surface area contributed by atoms with Crippen LogP contribution in [0.25, 0.3) is 0 Å². The topological polar surface area (TPSA) is 38.0 Å². The molecule has 4 heteroatoms. The molecule has 1 heterocycles. The lowest BCUT2D eigenvalue weighted by Crippen LogP contribution is -2.27. The van der Waals surface area contributed by atoms with E-state index in [1.807, 2.05) is 18.3 Å². The third-order valence-electron chi connectivity index (χ3n) is 4.01. The van der Waals surface area contributed by atoms with Gasteiger partial charge in [-0.25, -0.2) is 0 Å². The van der Waals surface area contributed by atoms with Crippen molar-refractivity contribution in [3.8, 4) is 0 Å². The lowest BCUT2D eigenvalue weighted by molar-refractivity contribution is 0.213. The van der Waals surface area contributed by atoms with Crippen LogP contribution < -0.4 is 5.72 Å². The van der Waals surface area contributed by atoms with E-state index in [0.717, 1.165) is 19.3 Å². The fraction of sp³-hybridized carbons (Fsp3) is 0.167. The molecule has 0 atom stereocenters. The minimum absolute atomic E-state index is 0.0172. The maximum absolute atomic E-state index is 9.33. The first-order chi connectivity index (χ1) is 10.9. The maximum atomic E-state index is 9.33. The summed E-state index contributed by atoms with van der Waals surface area (Å²) in [7, 11) is 0.835. The summed E-state index contributed by atoms with van der Waals surface area (Å²) in [6.45, 7) is -0.0172. The zero-order chi connectivity index (χ0) is 15.2. The van der Waals surface area contributed by atoms with Gasteiger partial charge in [-0.3, -0.25) is 4.98 Å². The second-order valence-corrected chi connectivity index (χ2v) is 5.37. The van der Waals surface area contributed by atoms with Crippen molar-refractivity contribution in [2.75, 3.05) is 0 Å². The normalized spacial score (nSPS) is 10.8. The van der Waals surface area contributed by atoms with Gasteiger partial charge in [-0.05, 0) is 11.1 Å². The van der Waals surface area contributed by atoms with Crippen molar-refractivity contribution in [3.63, 3.8) is 0 Å². The fourth-order valence-corrected chi connectivity index (χ4v) is 2.87. The first-order valence-electron chi connectivity index (χ1n) is 7.59. The van der Waals surface area contributed by atoms with E-state index in [9.17, 15) is 5.11 Å². The number of aromatic nitrogens is 2. The number of hydrogen-bond donors (Lipinski definition) is 1. The molecule has 0 saturated heterocycles. The van der Waals surface area contributed by atoms with Crippen LogP contribution >= 0.6 is 0 Å². The Bertz CT molecular complexity index is 658. The molecule has 0 aliphatic heterocycles. The molecule has 3 rings (SSSR count). The zero-order valence-electron chi connectivity index (χ0n) is 12.5. The molecule has 0 saturated carbocycles. The van der Waals surface area contributed by atoms with Crippen molar-refractivity contribution in [2.45, 2.75) is 19.0 Å². The number of hydrogen-bond acceptors (Lipinski definition) is 2. The Labute approximate surface area is 131 Å². The number of aliphatic hydroxyl groups is 1. The second-order valence-electron chi connectivity index (χ2n) is 5.37. The molecule has 0 aliphatic carbocycles. The van der Waals surface area contributed by atoms with E-state index in [-0.39, 0.29) is 6.73 Å². The molecule has 1 N–H and O–H groups in total. The zero-order valence-corrected chi connectivity index (χ0v) is 12.5. The SMILES string of the molecule is OCn1ccnc1BCC(c1ccccc1)c1ccccc1. The van der Waals surface area contributed by atoms with Crippen LogP contribution in [0.3, 0.4) is 0 Å². The van der Waals surface area contributed by atoms with E-state index in [4.69, 9.17) is 0 Å². The summed E-state index contributed by atoms with van der Waals surface area (Å²) in [5.74, 6) is 0.339. The minimum atomic E-state index is -0.0172. The Morgan fingerprint density at radius 1 is 0.955 bits per heavy atom. The summed E-state index contributed by atoms with van der Waals surface area (Å²) >= 11 is 0. The highest BCUT2D eigenvalue weighted by Gasteiger charge is 2.16. The van der Waals surface area contributed by atoms with E-state index in [1.54, 1.807) is 10.8 Å². The van der Waals surface area contributed by atoms with Crippen LogP contribution in [0.4, 0.5) is 0 Å². The van der Waals surface area contributed by atoms with Gasteiger partial charge < -0.3 is 9.67 Å². The molecule has 22 heavy (non-hydrogen) atoms. The van der Waals surface area contributed by atoms with Crippen molar-refractivity contribution >= 4 is 13.0 Å². The molecule has 0 amide bonds. The molecule has 3 aromatic rings. The van der Waals surface area contributed by atoms with Crippen molar-refractivity contribution in [1.29, 1.82) is 0 Å². The lowest BCUT2D eigenvalue weighted by Gasteiger charge is -2.17. The van der Waals surface area contributed by atoms with Gasteiger partial charge in [0.05, 0.1) is 5.72 Å². The second kappa shape index (κ2) is 7.10. The van der Waals surface area contributed by atoms with Gasteiger partial charge in [-0.1, -0.05) is 67.0 Å². The monoisotopic (exact) mass is 290 g/mol. The van der Waals surface area contributed by atoms with Crippen molar-refractivity contribution in [2.24, 2.45) is 0 Å². The summed E-state index contributed by atoms with van der Waals surface area (Å²) < 4.78 is 1.78. The molecule has 2 aromatic carbocycles. The third-order valence-corrected chi connectivity index (χ3v) is 4.01. The quantitative estimate of drug-likeness (QED) is 0.706. The lowest BCUT2D eigenvalue weighted by atomic mass is 9.65. The van der Waals surface area contributed by atoms with Crippen LogP contribution in [0.1, 0.15) is 17.0 Å². The van der Waals surface area contributed by atoms with Crippen LogP contribution in [0.2, 0.25) is 6.32 Å². The standard InChI is InChI=1S/C18H19BN2O/c22-14-21-12-11-20-18(21)19-13-17(15-7-3-1-4-8-15)16-9-5-2-6-10-16/h1-12,17,19,22H,13-14H2. The number of rotatable bonds is 6. The molecular weight excluding hydrogens is 271 g/mol. The first kappa shape index (κ1) is 14.6. The summed E-state index contributed by atoms with van der Waals surface area (Å²) in [5, 5.41) is 9.33. The highest BCUT2D eigenvalue weighted by Crippen LogP contribution is 2.27. The van der Waals surface area contributed by atoms with Gasteiger partial charge in [0, 0.05) is 18.3 Å². The molecule has 0 radical (unpaired) electrons. The Kier molecular flexibility index (Phi) is 4.71. The molecule has 1 aromatic heterocycles. The maximum Gasteiger partial charge on any atom is 0.205 e. The van der Waals surface area contributed by atoms with Gasteiger partial charge in [0.1, 0.15) is 6.73 Å². The molecule has 0 unspecified atom stereocenters.